The third kappa shape index (κ3) is 3.70. The largest absolute Gasteiger partial charge is 0.492 e. The van der Waals surface area contributed by atoms with E-state index in [1.54, 1.807) is 7.05 Å². The second kappa shape index (κ2) is 7.39. The zero-order valence-electron chi connectivity index (χ0n) is 12.8. The van der Waals surface area contributed by atoms with Crippen molar-refractivity contribution < 1.29 is 13.2 Å². The van der Waals surface area contributed by atoms with Crippen LogP contribution in [0.2, 0.25) is 10.0 Å². The third-order valence-electron chi connectivity index (χ3n) is 4.03. The Morgan fingerprint density at radius 2 is 1.82 bits per heavy atom. The second-order valence-corrected chi connectivity index (χ2v) is 8.24. The standard InChI is InChI=1S/C15H21Cl2NO3S/c1-3-21-14-9-13(17)15(10-12(14)16)22(19,20)18(2)11-7-5-4-6-8-11/h9-11H,3-8H2,1-2H3. The quantitative estimate of drug-likeness (QED) is 0.779. The van der Waals surface area contributed by atoms with E-state index < -0.39 is 10.0 Å². The summed E-state index contributed by atoms with van der Waals surface area (Å²) in [6.45, 7) is 2.26. The smallest absolute Gasteiger partial charge is 0.244 e. The molecule has 22 heavy (non-hydrogen) atoms. The number of benzene rings is 1. The first-order valence-corrected chi connectivity index (χ1v) is 9.67. The minimum Gasteiger partial charge on any atom is -0.492 e. The summed E-state index contributed by atoms with van der Waals surface area (Å²) in [5, 5.41) is 0.386. The monoisotopic (exact) mass is 365 g/mol. The van der Waals surface area contributed by atoms with Crippen LogP contribution in [-0.4, -0.2) is 32.4 Å². The van der Waals surface area contributed by atoms with Crippen LogP contribution in [0.25, 0.3) is 0 Å². The highest BCUT2D eigenvalue weighted by atomic mass is 35.5. The van der Waals surface area contributed by atoms with Gasteiger partial charge in [0.15, 0.2) is 0 Å². The molecule has 1 aliphatic rings. The summed E-state index contributed by atoms with van der Waals surface area (Å²) >= 11 is 12.3. The predicted octanol–water partition coefficient (Wildman–Crippen LogP) is 4.35. The van der Waals surface area contributed by atoms with E-state index in [1.807, 2.05) is 6.92 Å². The number of nitrogens with zero attached hydrogens (tertiary/aromatic N) is 1. The van der Waals surface area contributed by atoms with Gasteiger partial charge in [0.25, 0.3) is 0 Å². The molecule has 0 N–H and O–H groups in total. The van der Waals surface area contributed by atoms with Crippen molar-refractivity contribution >= 4 is 33.2 Å². The topological polar surface area (TPSA) is 46.6 Å². The molecule has 0 unspecified atom stereocenters. The summed E-state index contributed by atoms with van der Waals surface area (Å²) in [6, 6.07) is 2.87. The molecule has 0 aliphatic heterocycles. The summed E-state index contributed by atoms with van der Waals surface area (Å²) in [5.74, 6) is 0.397. The Bertz CT molecular complexity index is 628. The van der Waals surface area contributed by atoms with Crippen molar-refractivity contribution in [3.63, 3.8) is 0 Å². The van der Waals surface area contributed by atoms with Crippen LogP contribution in [0.1, 0.15) is 39.0 Å². The molecule has 1 aliphatic carbocycles. The second-order valence-electron chi connectivity index (χ2n) is 5.46. The number of ether oxygens (including phenoxy) is 1. The zero-order valence-corrected chi connectivity index (χ0v) is 15.1. The minimum atomic E-state index is -3.66. The first-order valence-electron chi connectivity index (χ1n) is 7.47. The lowest BCUT2D eigenvalue weighted by Crippen LogP contribution is -2.38. The van der Waals surface area contributed by atoms with Crippen LogP contribution in [0.5, 0.6) is 5.75 Å². The fourth-order valence-electron chi connectivity index (χ4n) is 2.77. The normalized spacial score (nSPS) is 17.0. The van der Waals surface area contributed by atoms with Crippen molar-refractivity contribution in [3.05, 3.63) is 22.2 Å². The molecule has 7 heteroatoms. The lowest BCUT2D eigenvalue weighted by molar-refractivity contribution is 0.286. The third-order valence-corrected chi connectivity index (χ3v) is 6.70. The molecule has 0 saturated heterocycles. The molecule has 1 aromatic carbocycles. The van der Waals surface area contributed by atoms with E-state index in [2.05, 4.69) is 0 Å². The van der Waals surface area contributed by atoms with E-state index in [9.17, 15) is 8.42 Å². The van der Waals surface area contributed by atoms with Gasteiger partial charge in [-0.05, 0) is 25.8 Å². The van der Waals surface area contributed by atoms with Crippen LogP contribution in [0, 0.1) is 0 Å². The summed E-state index contributed by atoms with van der Waals surface area (Å²) in [7, 11) is -2.05. The molecule has 1 saturated carbocycles. The van der Waals surface area contributed by atoms with Gasteiger partial charge in [0.1, 0.15) is 10.6 Å². The van der Waals surface area contributed by atoms with E-state index in [1.165, 1.54) is 22.9 Å². The maximum atomic E-state index is 12.8. The number of hydrogen-bond acceptors (Lipinski definition) is 3. The number of hydrogen-bond donors (Lipinski definition) is 0. The molecule has 1 aromatic rings. The summed E-state index contributed by atoms with van der Waals surface area (Å²) in [5.41, 5.74) is 0. The first-order chi connectivity index (χ1) is 10.4. The van der Waals surface area contributed by atoms with Gasteiger partial charge in [-0.1, -0.05) is 42.5 Å². The van der Waals surface area contributed by atoms with Gasteiger partial charge in [-0.2, -0.15) is 4.31 Å². The molecule has 4 nitrogen and oxygen atoms in total. The van der Waals surface area contributed by atoms with Crippen molar-refractivity contribution in [3.8, 4) is 5.75 Å². The highest BCUT2D eigenvalue weighted by molar-refractivity contribution is 7.89. The Kier molecular flexibility index (Phi) is 6.00. The zero-order chi connectivity index (χ0) is 16.3. The maximum Gasteiger partial charge on any atom is 0.244 e. The highest BCUT2D eigenvalue weighted by Gasteiger charge is 2.31. The van der Waals surface area contributed by atoms with E-state index in [0.29, 0.717) is 12.4 Å². The summed E-state index contributed by atoms with van der Waals surface area (Å²) < 4.78 is 32.4. The molecule has 0 spiro atoms. The lowest BCUT2D eigenvalue weighted by Gasteiger charge is -2.30. The number of sulfonamides is 1. The van der Waals surface area contributed by atoms with Crippen LogP contribution in [0.15, 0.2) is 17.0 Å². The van der Waals surface area contributed by atoms with Crippen LogP contribution >= 0.6 is 23.2 Å². The van der Waals surface area contributed by atoms with E-state index in [-0.39, 0.29) is 21.0 Å². The van der Waals surface area contributed by atoms with E-state index >= 15 is 0 Å². The van der Waals surface area contributed by atoms with Crippen molar-refractivity contribution in [1.29, 1.82) is 0 Å². The fraction of sp³-hybridized carbons (Fsp3) is 0.600. The van der Waals surface area contributed by atoms with Crippen LogP contribution in [0.3, 0.4) is 0 Å². The van der Waals surface area contributed by atoms with Gasteiger partial charge in [-0.25, -0.2) is 8.42 Å². The average Bonchev–Trinajstić information content (AvgIpc) is 2.50. The van der Waals surface area contributed by atoms with Crippen molar-refractivity contribution in [1.82, 2.24) is 4.31 Å². The van der Waals surface area contributed by atoms with Crippen LogP contribution in [-0.2, 0) is 10.0 Å². The van der Waals surface area contributed by atoms with Crippen LogP contribution in [0.4, 0.5) is 0 Å². The van der Waals surface area contributed by atoms with Gasteiger partial charge in [0, 0.05) is 19.2 Å². The molecule has 0 bridgehead atoms. The Morgan fingerprint density at radius 1 is 1.18 bits per heavy atom. The summed E-state index contributed by atoms with van der Waals surface area (Å²) in [6.07, 6.45) is 5.06. The van der Waals surface area contributed by atoms with Crippen molar-refractivity contribution in [2.75, 3.05) is 13.7 Å². The maximum absolute atomic E-state index is 12.8. The van der Waals surface area contributed by atoms with Gasteiger partial charge in [-0.3, -0.25) is 0 Å². The Balaban J connectivity index is 2.34. The molecular formula is C15H21Cl2NO3S. The van der Waals surface area contributed by atoms with Crippen molar-refractivity contribution in [2.24, 2.45) is 0 Å². The van der Waals surface area contributed by atoms with E-state index in [4.69, 9.17) is 27.9 Å². The number of halogens is 2. The van der Waals surface area contributed by atoms with Crippen molar-refractivity contribution in [2.45, 2.75) is 50.0 Å². The Hall–Kier alpha value is -0.490. The van der Waals surface area contributed by atoms with Gasteiger partial charge < -0.3 is 4.74 Å². The molecule has 0 atom stereocenters. The van der Waals surface area contributed by atoms with Crippen LogP contribution < -0.4 is 4.74 Å². The summed E-state index contributed by atoms with van der Waals surface area (Å²) in [4.78, 5) is 0.0377. The van der Waals surface area contributed by atoms with Gasteiger partial charge in [0.2, 0.25) is 10.0 Å². The molecule has 1 fully saturated rings. The average molecular weight is 366 g/mol. The first kappa shape index (κ1) is 17.9. The predicted molar refractivity (Wildman–Crippen MR) is 89.5 cm³/mol. The molecule has 2 rings (SSSR count). The Labute approximate surface area is 142 Å². The van der Waals surface area contributed by atoms with Gasteiger partial charge >= 0.3 is 0 Å². The van der Waals surface area contributed by atoms with E-state index in [0.717, 1.165) is 25.7 Å². The molecular weight excluding hydrogens is 345 g/mol. The SMILES string of the molecule is CCOc1cc(Cl)c(S(=O)(=O)N(C)C2CCCCC2)cc1Cl. The lowest BCUT2D eigenvalue weighted by atomic mass is 9.96. The van der Waals surface area contributed by atoms with Gasteiger partial charge in [-0.15, -0.1) is 0 Å². The fourth-order valence-corrected chi connectivity index (χ4v) is 4.98. The molecule has 0 heterocycles. The Morgan fingerprint density at radius 3 is 2.41 bits per heavy atom. The van der Waals surface area contributed by atoms with Gasteiger partial charge in [0.05, 0.1) is 16.7 Å². The highest BCUT2D eigenvalue weighted by Crippen LogP contribution is 2.36. The molecule has 124 valence electrons. The number of rotatable bonds is 5. The molecule has 0 amide bonds. The minimum absolute atomic E-state index is 0.0279. The molecule has 0 aromatic heterocycles. The molecule has 0 radical (unpaired) electrons.